The van der Waals surface area contributed by atoms with Crippen LogP contribution in [-0.4, -0.2) is 30.5 Å². The van der Waals surface area contributed by atoms with Crippen molar-refractivity contribution in [2.75, 3.05) is 13.7 Å². The second-order valence-corrected chi connectivity index (χ2v) is 5.12. The second kappa shape index (κ2) is 7.03. The quantitative estimate of drug-likeness (QED) is 0.851. The summed E-state index contributed by atoms with van der Waals surface area (Å²) < 4.78 is 4.85. The Morgan fingerprint density at radius 3 is 2.70 bits per heavy atom. The first-order chi connectivity index (χ1) is 9.72. The molecule has 0 spiro atoms. The van der Waals surface area contributed by atoms with Crippen molar-refractivity contribution in [1.29, 1.82) is 0 Å². The topological polar surface area (TPSA) is 68.3 Å². The number of esters is 1. The van der Waals surface area contributed by atoms with E-state index in [9.17, 15) is 9.59 Å². The summed E-state index contributed by atoms with van der Waals surface area (Å²) in [6, 6.07) is 3.35. The predicted octanol–water partition coefficient (Wildman–Crippen LogP) is 1.79. The van der Waals surface area contributed by atoms with Crippen molar-refractivity contribution >= 4 is 11.9 Å². The van der Waals surface area contributed by atoms with E-state index in [-0.39, 0.29) is 23.7 Å². The fraction of sp³-hybridized carbons (Fsp3) is 0.533. The molecule has 1 heterocycles. The number of hydrogen-bond acceptors (Lipinski definition) is 4. The van der Waals surface area contributed by atoms with Crippen LogP contribution in [0.2, 0.25) is 0 Å². The number of nitrogens with one attached hydrogen (secondary N) is 1. The van der Waals surface area contributed by atoms with Crippen LogP contribution in [0.3, 0.4) is 0 Å². The first-order valence-corrected chi connectivity index (χ1v) is 6.98. The molecule has 2 rings (SSSR count). The van der Waals surface area contributed by atoms with Gasteiger partial charge in [0.1, 0.15) is 0 Å². The summed E-state index contributed by atoms with van der Waals surface area (Å²) in [4.78, 5) is 27.6. The third-order valence-electron chi connectivity index (χ3n) is 3.88. The molecule has 0 saturated heterocycles. The molecule has 1 aromatic heterocycles. The second-order valence-electron chi connectivity index (χ2n) is 5.12. The number of rotatable bonds is 4. The molecule has 0 aromatic carbocycles. The van der Waals surface area contributed by atoms with Gasteiger partial charge in [0, 0.05) is 24.5 Å². The lowest BCUT2D eigenvalue weighted by molar-refractivity contribution is -0.148. The minimum atomic E-state index is -0.159. The average molecular weight is 276 g/mol. The third kappa shape index (κ3) is 3.56. The van der Waals surface area contributed by atoms with E-state index in [1.807, 2.05) is 0 Å². The van der Waals surface area contributed by atoms with Gasteiger partial charge in [-0.25, -0.2) is 0 Å². The van der Waals surface area contributed by atoms with Gasteiger partial charge in [0.25, 0.3) is 5.91 Å². The molecule has 20 heavy (non-hydrogen) atoms. The summed E-state index contributed by atoms with van der Waals surface area (Å²) in [5, 5.41) is 2.90. The zero-order chi connectivity index (χ0) is 14.4. The Labute approximate surface area is 118 Å². The molecule has 5 nitrogen and oxygen atoms in total. The highest BCUT2D eigenvalue weighted by molar-refractivity contribution is 5.94. The summed E-state index contributed by atoms with van der Waals surface area (Å²) in [7, 11) is 1.42. The number of carbonyl (C=O) groups excluding carboxylic acids is 2. The molecule has 0 aliphatic heterocycles. The van der Waals surface area contributed by atoms with Crippen LogP contribution < -0.4 is 5.32 Å². The minimum Gasteiger partial charge on any atom is -0.469 e. The number of aromatic nitrogens is 1. The maximum absolute atomic E-state index is 12.0. The van der Waals surface area contributed by atoms with Gasteiger partial charge in [0.05, 0.1) is 13.0 Å². The zero-order valence-corrected chi connectivity index (χ0v) is 11.7. The summed E-state index contributed by atoms with van der Waals surface area (Å²) in [6.07, 6.45) is 7.14. The summed E-state index contributed by atoms with van der Waals surface area (Å²) >= 11 is 0. The van der Waals surface area contributed by atoms with E-state index < -0.39 is 0 Å². The van der Waals surface area contributed by atoms with Crippen LogP contribution in [0.15, 0.2) is 24.5 Å². The highest BCUT2D eigenvalue weighted by atomic mass is 16.5. The Morgan fingerprint density at radius 1 is 1.30 bits per heavy atom. The van der Waals surface area contributed by atoms with Crippen LogP contribution in [-0.2, 0) is 9.53 Å². The first kappa shape index (κ1) is 14.5. The van der Waals surface area contributed by atoms with Gasteiger partial charge in [0.2, 0.25) is 0 Å². The average Bonchev–Trinajstić information content (AvgIpc) is 2.53. The molecule has 0 radical (unpaired) electrons. The number of hydrogen-bond donors (Lipinski definition) is 1. The largest absolute Gasteiger partial charge is 0.469 e. The van der Waals surface area contributed by atoms with Crippen molar-refractivity contribution in [2.24, 2.45) is 11.8 Å². The van der Waals surface area contributed by atoms with E-state index in [0.29, 0.717) is 12.1 Å². The van der Waals surface area contributed by atoms with E-state index in [0.717, 1.165) is 25.7 Å². The smallest absolute Gasteiger partial charge is 0.309 e. The molecule has 1 aliphatic carbocycles. The van der Waals surface area contributed by atoms with Crippen LogP contribution >= 0.6 is 0 Å². The molecule has 5 heteroatoms. The lowest BCUT2D eigenvalue weighted by atomic mass is 9.79. The third-order valence-corrected chi connectivity index (χ3v) is 3.88. The molecule has 2 unspecified atom stereocenters. The highest BCUT2D eigenvalue weighted by Gasteiger charge is 2.31. The monoisotopic (exact) mass is 276 g/mol. The van der Waals surface area contributed by atoms with Crippen molar-refractivity contribution in [3.8, 4) is 0 Å². The zero-order valence-electron chi connectivity index (χ0n) is 11.7. The molecule has 1 fully saturated rings. The molecule has 2 atom stereocenters. The van der Waals surface area contributed by atoms with Gasteiger partial charge in [0.15, 0.2) is 0 Å². The molecular formula is C15H20N2O3. The molecule has 0 bridgehead atoms. The molecular weight excluding hydrogens is 256 g/mol. The fourth-order valence-corrected chi connectivity index (χ4v) is 2.74. The van der Waals surface area contributed by atoms with E-state index in [4.69, 9.17) is 4.74 Å². The van der Waals surface area contributed by atoms with Gasteiger partial charge in [-0.3, -0.25) is 14.6 Å². The number of ether oxygens (including phenoxy) is 1. The van der Waals surface area contributed by atoms with Crippen LogP contribution in [0.1, 0.15) is 36.0 Å². The van der Waals surface area contributed by atoms with E-state index >= 15 is 0 Å². The lowest BCUT2D eigenvalue weighted by Crippen LogP contribution is -2.37. The number of pyridine rings is 1. The van der Waals surface area contributed by atoms with E-state index in [2.05, 4.69) is 10.3 Å². The van der Waals surface area contributed by atoms with Gasteiger partial charge in [-0.15, -0.1) is 0 Å². The summed E-state index contributed by atoms with van der Waals surface area (Å²) in [5.74, 6) is -0.206. The number of carbonyl (C=O) groups is 2. The van der Waals surface area contributed by atoms with Crippen LogP contribution in [0, 0.1) is 11.8 Å². The maximum atomic E-state index is 12.0. The normalized spacial score (nSPS) is 22.1. The molecule has 1 aromatic rings. The first-order valence-electron chi connectivity index (χ1n) is 6.98. The van der Waals surface area contributed by atoms with E-state index in [1.54, 1.807) is 24.5 Å². The van der Waals surface area contributed by atoms with Crippen LogP contribution in [0.4, 0.5) is 0 Å². The highest BCUT2D eigenvalue weighted by Crippen LogP contribution is 2.30. The number of amides is 1. The van der Waals surface area contributed by atoms with E-state index in [1.165, 1.54) is 7.11 Å². The molecule has 1 saturated carbocycles. The molecule has 1 amide bonds. The Bertz CT molecular complexity index is 461. The Hall–Kier alpha value is -1.91. The minimum absolute atomic E-state index is 0.0912. The van der Waals surface area contributed by atoms with Gasteiger partial charge in [-0.1, -0.05) is 12.8 Å². The predicted molar refractivity (Wildman–Crippen MR) is 74.0 cm³/mol. The SMILES string of the molecule is COC(=O)C1CCCCC1CNC(=O)c1ccncc1. The Kier molecular flexibility index (Phi) is 5.09. The summed E-state index contributed by atoms with van der Waals surface area (Å²) in [6.45, 7) is 0.515. The summed E-state index contributed by atoms with van der Waals surface area (Å²) in [5.41, 5.74) is 0.588. The van der Waals surface area contributed by atoms with Crippen molar-refractivity contribution in [3.63, 3.8) is 0 Å². The van der Waals surface area contributed by atoms with Gasteiger partial charge in [-0.05, 0) is 30.9 Å². The standard InChI is InChI=1S/C15H20N2O3/c1-20-15(19)13-5-3-2-4-12(13)10-17-14(18)11-6-8-16-9-7-11/h6-9,12-13H,2-5,10H2,1H3,(H,17,18). The maximum Gasteiger partial charge on any atom is 0.309 e. The number of nitrogens with zero attached hydrogens (tertiary/aromatic N) is 1. The Balaban J connectivity index is 1.91. The van der Waals surface area contributed by atoms with Crippen LogP contribution in [0.5, 0.6) is 0 Å². The fourth-order valence-electron chi connectivity index (χ4n) is 2.74. The van der Waals surface area contributed by atoms with Gasteiger partial charge < -0.3 is 10.1 Å². The lowest BCUT2D eigenvalue weighted by Gasteiger charge is -2.29. The van der Waals surface area contributed by atoms with Crippen molar-refractivity contribution in [2.45, 2.75) is 25.7 Å². The molecule has 1 aliphatic rings. The number of methoxy groups -OCH3 is 1. The van der Waals surface area contributed by atoms with Crippen molar-refractivity contribution in [3.05, 3.63) is 30.1 Å². The van der Waals surface area contributed by atoms with Crippen molar-refractivity contribution < 1.29 is 14.3 Å². The molecule has 1 N–H and O–H groups in total. The molecule has 108 valence electrons. The Morgan fingerprint density at radius 2 is 2.00 bits per heavy atom. The van der Waals surface area contributed by atoms with Gasteiger partial charge in [-0.2, -0.15) is 0 Å². The van der Waals surface area contributed by atoms with Crippen molar-refractivity contribution in [1.82, 2.24) is 10.3 Å². The van der Waals surface area contributed by atoms with Crippen LogP contribution in [0.25, 0.3) is 0 Å². The van der Waals surface area contributed by atoms with Gasteiger partial charge >= 0.3 is 5.97 Å².